The first-order chi connectivity index (χ1) is 23.8. The van der Waals surface area contributed by atoms with Crippen molar-refractivity contribution in [2.45, 2.75) is 5.41 Å². The highest BCUT2D eigenvalue weighted by Gasteiger charge is 2.57. The predicted molar refractivity (Wildman–Crippen MR) is 199 cm³/mol. The van der Waals surface area contributed by atoms with Crippen LogP contribution in [0, 0.1) is 0 Å². The maximum atomic E-state index is 2.49. The lowest BCUT2D eigenvalue weighted by molar-refractivity contribution is 0.818. The van der Waals surface area contributed by atoms with Crippen molar-refractivity contribution in [1.82, 2.24) is 0 Å². The van der Waals surface area contributed by atoms with Crippen molar-refractivity contribution >= 4 is 27.8 Å². The fourth-order valence-electron chi connectivity index (χ4n) is 9.19. The standard InChI is InChI=1S/C47H29N/c1-2-15-32(16-3-1)48(33-17-8-14-31(28-33)36-20-9-13-30-12-4-5-18-35(30)36)34-26-27-38-40-22-11-24-42-41-23-10-21-39-37-19-6-7-25-43(37)47(45(39)41,46(40)42)44(38)29-34/h1-29H. The fourth-order valence-corrected chi connectivity index (χ4v) is 9.19. The number of nitrogens with zero attached hydrogens (tertiary/aromatic N) is 1. The Morgan fingerprint density at radius 2 is 0.875 bits per heavy atom. The van der Waals surface area contributed by atoms with Gasteiger partial charge in [-0.2, -0.15) is 0 Å². The van der Waals surface area contributed by atoms with E-state index in [0.717, 1.165) is 17.1 Å². The molecule has 1 spiro atoms. The van der Waals surface area contributed by atoms with Gasteiger partial charge in [-0.1, -0.05) is 140 Å². The number of hydrogen-bond acceptors (Lipinski definition) is 1. The summed E-state index contributed by atoms with van der Waals surface area (Å²) in [5.74, 6) is 0. The molecule has 1 unspecified atom stereocenters. The summed E-state index contributed by atoms with van der Waals surface area (Å²) in [6.07, 6.45) is 0. The maximum absolute atomic E-state index is 2.49. The summed E-state index contributed by atoms with van der Waals surface area (Å²) in [5, 5.41) is 2.52. The number of rotatable bonds is 4. The summed E-state index contributed by atoms with van der Waals surface area (Å²) in [5.41, 5.74) is 19.4. The zero-order valence-electron chi connectivity index (χ0n) is 26.2. The van der Waals surface area contributed by atoms with Crippen molar-refractivity contribution in [3.8, 4) is 44.5 Å². The lowest BCUT2D eigenvalue weighted by atomic mass is 9.73. The normalized spacial score (nSPS) is 15.6. The average Bonchev–Trinajstić information content (AvgIpc) is 3.75. The van der Waals surface area contributed by atoms with Gasteiger partial charge in [0.2, 0.25) is 0 Å². The average molecular weight is 608 g/mol. The van der Waals surface area contributed by atoms with Crippen LogP contribution in [0.4, 0.5) is 17.1 Å². The molecule has 0 aromatic heterocycles. The molecule has 0 heterocycles. The molecule has 1 atom stereocenters. The molecule has 8 aromatic rings. The molecule has 8 aromatic carbocycles. The topological polar surface area (TPSA) is 3.24 Å². The van der Waals surface area contributed by atoms with Gasteiger partial charge in [-0.05, 0) is 114 Å². The van der Waals surface area contributed by atoms with Crippen LogP contribution in [-0.4, -0.2) is 0 Å². The molecular weight excluding hydrogens is 579 g/mol. The summed E-state index contributed by atoms with van der Waals surface area (Å²) < 4.78 is 0. The number of para-hydroxylation sites is 1. The van der Waals surface area contributed by atoms with E-state index in [4.69, 9.17) is 0 Å². The molecule has 0 saturated carbocycles. The molecule has 0 saturated heterocycles. The molecule has 1 heteroatoms. The first kappa shape index (κ1) is 25.9. The van der Waals surface area contributed by atoms with Gasteiger partial charge in [0.25, 0.3) is 0 Å². The van der Waals surface area contributed by atoms with Gasteiger partial charge in [-0.25, -0.2) is 0 Å². The molecule has 0 radical (unpaired) electrons. The van der Waals surface area contributed by atoms with E-state index < -0.39 is 0 Å². The number of hydrogen-bond donors (Lipinski definition) is 0. The van der Waals surface area contributed by atoms with Gasteiger partial charge in [0, 0.05) is 17.1 Å². The van der Waals surface area contributed by atoms with E-state index in [1.807, 2.05) is 0 Å². The van der Waals surface area contributed by atoms with Crippen LogP contribution in [0.25, 0.3) is 55.3 Å². The Kier molecular flexibility index (Phi) is 5.10. The molecule has 0 fully saturated rings. The molecule has 48 heavy (non-hydrogen) atoms. The summed E-state index contributed by atoms with van der Waals surface area (Å²) in [6, 6.07) is 65.2. The molecule has 3 aliphatic rings. The Morgan fingerprint density at radius 3 is 1.69 bits per heavy atom. The molecule has 11 rings (SSSR count). The lowest BCUT2D eigenvalue weighted by Crippen LogP contribution is -2.23. The van der Waals surface area contributed by atoms with Crippen LogP contribution in [0.3, 0.4) is 0 Å². The third-order valence-corrected chi connectivity index (χ3v) is 11.0. The van der Waals surface area contributed by atoms with E-state index in [1.54, 1.807) is 0 Å². The van der Waals surface area contributed by atoms with Crippen LogP contribution in [0.1, 0.15) is 22.3 Å². The SMILES string of the molecule is c1ccc(N(c2cccc(-c3cccc4ccccc34)c2)c2ccc3c(c2)C24c5ccccc5-c5cccc(c52)-c2cccc-3c24)cc1. The van der Waals surface area contributed by atoms with Gasteiger partial charge in [0.05, 0.1) is 5.41 Å². The molecular formula is C47H29N. The minimum Gasteiger partial charge on any atom is -0.310 e. The van der Waals surface area contributed by atoms with Gasteiger partial charge < -0.3 is 4.90 Å². The number of anilines is 3. The largest absolute Gasteiger partial charge is 0.310 e. The quantitative estimate of drug-likeness (QED) is 0.192. The smallest absolute Gasteiger partial charge is 0.0738 e. The Morgan fingerprint density at radius 1 is 0.333 bits per heavy atom. The Labute approximate surface area is 280 Å². The van der Waals surface area contributed by atoms with E-state index in [9.17, 15) is 0 Å². The van der Waals surface area contributed by atoms with E-state index in [-0.39, 0.29) is 5.41 Å². The maximum Gasteiger partial charge on any atom is 0.0738 e. The minimum absolute atomic E-state index is 0.313. The van der Waals surface area contributed by atoms with Crippen LogP contribution in [0.5, 0.6) is 0 Å². The zero-order valence-corrected chi connectivity index (χ0v) is 26.2. The summed E-state index contributed by atoms with van der Waals surface area (Å²) in [6.45, 7) is 0. The number of fused-ring (bicyclic) bond motifs is 6. The van der Waals surface area contributed by atoms with Crippen molar-refractivity contribution in [3.63, 3.8) is 0 Å². The van der Waals surface area contributed by atoms with E-state index in [2.05, 4.69) is 181 Å². The highest BCUT2D eigenvalue weighted by molar-refractivity contribution is 6.06. The third kappa shape index (κ3) is 3.21. The highest BCUT2D eigenvalue weighted by Crippen LogP contribution is 2.70. The van der Waals surface area contributed by atoms with Crippen molar-refractivity contribution in [3.05, 3.63) is 198 Å². The monoisotopic (exact) mass is 607 g/mol. The molecule has 222 valence electrons. The lowest BCUT2D eigenvalue weighted by Gasteiger charge is -2.30. The number of benzene rings is 8. The summed E-state index contributed by atoms with van der Waals surface area (Å²) in [7, 11) is 0. The first-order valence-corrected chi connectivity index (χ1v) is 16.8. The van der Waals surface area contributed by atoms with Crippen LogP contribution >= 0.6 is 0 Å². The van der Waals surface area contributed by atoms with Gasteiger partial charge in [-0.3, -0.25) is 0 Å². The van der Waals surface area contributed by atoms with Gasteiger partial charge in [0.1, 0.15) is 0 Å². The molecule has 1 nitrogen and oxygen atoms in total. The van der Waals surface area contributed by atoms with Crippen LogP contribution in [-0.2, 0) is 5.41 Å². The Bertz CT molecular complexity index is 2590. The molecule has 0 N–H and O–H groups in total. The first-order valence-electron chi connectivity index (χ1n) is 16.8. The van der Waals surface area contributed by atoms with Crippen LogP contribution in [0.2, 0.25) is 0 Å². The molecule has 0 bridgehead atoms. The predicted octanol–water partition coefficient (Wildman–Crippen LogP) is 12.3. The van der Waals surface area contributed by atoms with Crippen LogP contribution < -0.4 is 4.90 Å². The van der Waals surface area contributed by atoms with Crippen molar-refractivity contribution in [2.75, 3.05) is 4.90 Å². The van der Waals surface area contributed by atoms with E-state index >= 15 is 0 Å². The van der Waals surface area contributed by atoms with E-state index in [0.29, 0.717) is 0 Å². The van der Waals surface area contributed by atoms with Gasteiger partial charge in [-0.15, -0.1) is 0 Å². The van der Waals surface area contributed by atoms with Gasteiger partial charge in [0.15, 0.2) is 0 Å². The minimum atomic E-state index is -0.313. The second kappa shape index (κ2) is 9.44. The molecule has 0 aliphatic heterocycles. The van der Waals surface area contributed by atoms with Crippen LogP contribution in [0.15, 0.2) is 176 Å². The van der Waals surface area contributed by atoms with Crippen molar-refractivity contribution in [2.24, 2.45) is 0 Å². The second-order valence-electron chi connectivity index (χ2n) is 13.2. The Balaban J connectivity index is 1.16. The summed E-state index contributed by atoms with van der Waals surface area (Å²) in [4.78, 5) is 2.43. The Hall–Kier alpha value is -6.18. The second-order valence-corrected chi connectivity index (χ2v) is 13.2. The van der Waals surface area contributed by atoms with Crippen molar-refractivity contribution in [1.29, 1.82) is 0 Å². The summed E-state index contributed by atoms with van der Waals surface area (Å²) >= 11 is 0. The fraction of sp³-hybridized carbons (Fsp3) is 0.0213. The zero-order chi connectivity index (χ0) is 31.4. The molecule has 3 aliphatic carbocycles. The highest BCUT2D eigenvalue weighted by atomic mass is 15.1. The van der Waals surface area contributed by atoms with Gasteiger partial charge >= 0.3 is 0 Å². The third-order valence-electron chi connectivity index (χ3n) is 11.0. The molecule has 0 amide bonds. The van der Waals surface area contributed by atoms with E-state index in [1.165, 1.54) is 77.5 Å². The van der Waals surface area contributed by atoms with Crippen molar-refractivity contribution < 1.29 is 0 Å².